The van der Waals surface area contributed by atoms with Crippen molar-refractivity contribution in [3.8, 4) is 11.5 Å². The van der Waals surface area contributed by atoms with Crippen molar-refractivity contribution < 1.29 is 19.1 Å². The van der Waals surface area contributed by atoms with E-state index in [1.54, 1.807) is 4.90 Å². The topological polar surface area (TPSA) is 91.3 Å². The fraction of sp³-hybridized carbons (Fsp3) is 0.565. The van der Waals surface area contributed by atoms with Gasteiger partial charge in [-0.3, -0.25) is 19.4 Å². The Hall–Kier alpha value is -2.92. The molecule has 1 aromatic carbocycles. The SMILES string of the molecule is O=C([C@@H]1CCCN1c1nnc(N2CCCC2=O)s1)N1CCN(Cc2ccc3c(c2)OCO3)CC1. The van der Waals surface area contributed by atoms with E-state index in [1.807, 2.05) is 17.0 Å². The van der Waals surface area contributed by atoms with Crippen LogP contribution in [0.5, 0.6) is 11.5 Å². The lowest BCUT2D eigenvalue weighted by atomic mass is 10.1. The summed E-state index contributed by atoms with van der Waals surface area (Å²) < 4.78 is 10.9. The maximum atomic E-state index is 13.4. The quantitative estimate of drug-likeness (QED) is 0.634. The van der Waals surface area contributed by atoms with Crippen molar-refractivity contribution in [2.75, 3.05) is 55.9 Å². The van der Waals surface area contributed by atoms with Crippen LogP contribution < -0.4 is 19.3 Å². The van der Waals surface area contributed by atoms with Gasteiger partial charge in [-0.15, -0.1) is 10.2 Å². The Kier molecular flexibility index (Phi) is 5.74. The molecule has 0 spiro atoms. The van der Waals surface area contributed by atoms with Crippen LogP contribution in [0.4, 0.5) is 10.3 Å². The van der Waals surface area contributed by atoms with Gasteiger partial charge in [-0.05, 0) is 37.0 Å². The summed E-state index contributed by atoms with van der Waals surface area (Å²) in [5.41, 5.74) is 1.19. The second kappa shape index (κ2) is 9.03. The number of aromatic nitrogens is 2. The number of rotatable bonds is 5. The lowest BCUT2D eigenvalue weighted by molar-refractivity contribution is -0.134. The molecule has 4 aliphatic rings. The van der Waals surface area contributed by atoms with Gasteiger partial charge in [0.05, 0.1) is 0 Å². The fourth-order valence-electron chi connectivity index (χ4n) is 5.17. The molecule has 0 N–H and O–H groups in total. The van der Waals surface area contributed by atoms with Gasteiger partial charge in [0.15, 0.2) is 11.5 Å². The Morgan fingerprint density at radius 1 is 1.00 bits per heavy atom. The van der Waals surface area contributed by atoms with Gasteiger partial charge >= 0.3 is 0 Å². The minimum absolute atomic E-state index is 0.107. The van der Waals surface area contributed by atoms with E-state index >= 15 is 0 Å². The Bertz CT molecular complexity index is 1090. The lowest BCUT2D eigenvalue weighted by Gasteiger charge is -2.37. The molecule has 0 aliphatic carbocycles. The number of fused-ring (bicyclic) bond motifs is 1. The Labute approximate surface area is 202 Å². The van der Waals surface area contributed by atoms with Gasteiger partial charge in [0.1, 0.15) is 6.04 Å². The van der Waals surface area contributed by atoms with Crippen molar-refractivity contribution in [2.24, 2.45) is 0 Å². The third-order valence-corrected chi connectivity index (χ3v) is 8.00. The molecule has 3 saturated heterocycles. The van der Waals surface area contributed by atoms with Gasteiger partial charge in [0.25, 0.3) is 0 Å². The van der Waals surface area contributed by atoms with E-state index in [1.165, 1.54) is 16.9 Å². The minimum atomic E-state index is -0.199. The molecule has 34 heavy (non-hydrogen) atoms. The number of hydrogen-bond donors (Lipinski definition) is 0. The summed E-state index contributed by atoms with van der Waals surface area (Å²) in [4.78, 5) is 33.6. The van der Waals surface area contributed by atoms with Gasteiger partial charge in [-0.2, -0.15) is 0 Å². The van der Waals surface area contributed by atoms with Crippen molar-refractivity contribution in [2.45, 2.75) is 38.3 Å². The van der Waals surface area contributed by atoms with Crippen LogP contribution >= 0.6 is 11.3 Å². The van der Waals surface area contributed by atoms with E-state index in [0.29, 0.717) is 18.1 Å². The summed E-state index contributed by atoms with van der Waals surface area (Å²) in [5, 5.41) is 9.98. The van der Waals surface area contributed by atoms with Crippen molar-refractivity contribution in [3.63, 3.8) is 0 Å². The number of amides is 2. The van der Waals surface area contributed by atoms with Crippen LogP contribution in [0.2, 0.25) is 0 Å². The molecule has 1 atom stereocenters. The normalized spacial score (nSPS) is 22.8. The molecule has 2 aromatic rings. The molecule has 0 radical (unpaired) electrons. The Morgan fingerprint density at radius 2 is 1.82 bits per heavy atom. The van der Waals surface area contributed by atoms with Crippen LogP contribution in [0.25, 0.3) is 0 Å². The first-order valence-electron chi connectivity index (χ1n) is 12.0. The highest BCUT2D eigenvalue weighted by molar-refractivity contribution is 7.19. The van der Waals surface area contributed by atoms with Crippen LogP contribution in [0, 0.1) is 0 Å². The standard InChI is InChI=1S/C23H28N6O4S/c30-20-4-2-8-29(20)23-25-24-22(34-23)28-7-1-3-17(28)21(31)27-11-9-26(10-12-27)14-16-5-6-18-19(13-16)33-15-32-18/h5-6,13,17H,1-4,7-12,14-15H2/t17-/m0/s1. The maximum Gasteiger partial charge on any atom is 0.245 e. The first-order chi connectivity index (χ1) is 16.7. The largest absolute Gasteiger partial charge is 0.454 e. The van der Waals surface area contributed by atoms with Crippen LogP contribution in [-0.2, 0) is 16.1 Å². The zero-order chi connectivity index (χ0) is 23.1. The molecule has 0 bridgehead atoms. The van der Waals surface area contributed by atoms with E-state index in [0.717, 1.165) is 75.2 Å². The molecule has 2 amide bonds. The van der Waals surface area contributed by atoms with Gasteiger partial charge in [0.2, 0.25) is 28.9 Å². The van der Waals surface area contributed by atoms with Gasteiger partial charge in [-0.25, -0.2) is 0 Å². The molecule has 6 rings (SSSR count). The highest BCUT2D eigenvalue weighted by Gasteiger charge is 2.37. The van der Waals surface area contributed by atoms with Crippen molar-refractivity contribution in [1.82, 2.24) is 20.0 Å². The van der Waals surface area contributed by atoms with E-state index in [2.05, 4.69) is 26.1 Å². The minimum Gasteiger partial charge on any atom is -0.454 e. The second-order valence-electron chi connectivity index (χ2n) is 9.16. The highest BCUT2D eigenvalue weighted by Crippen LogP contribution is 2.35. The van der Waals surface area contributed by atoms with Crippen molar-refractivity contribution in [3.05, 3.63) is 23.8 Å². The molecular weight excluding hydrogens is 456 g/mol. The fourth-order valence-corrected chi connectivity index (χ4v) is 6.14. The molecule has 4 aliphatic heterocycles. The van der Waals surface area contributed by atoms with E-state index in [9.17, 15) is 9.59 Å². The number of piperazine rings is 1. The molecule has 11 heteroatoms. The smallest absolute Gasteiger partial charge is 0.245 e. The van der Waals surface area contributed by atoms with Crippen LogP contribution in [-0.4, -0.2) is 83.9 Å². The summed E-state index contributed by atoms with van der Waals surface area (Å²) in [5.74, 6) is 1.89. The average molecular weight is 485 g/mol. The Balaban J connectivity index is 1.06. The lowest BCUT2D eigenvalue weighted by Crippen LogP contribution is -2.53. The van der Waals surface area contributed by atoms with Crippen LogP contribution in [0.15, 0.2) is 18.2 Å². The number of anilines is 2. The second-order valence-corrected chi connectivity index (χ2v) is 10.1. The molecule has 1 aromatic heterocycles. The predicted octanol–water partition coefficient (Wildman–Crippen LogP) is 1.71. The third-order valence-electron chi connectivity index (χ3n) is 7.02. The van der Waals surface area contributed by atoms with Gasteiger partial charge in [-0.1, -0.05) is 17.4 Å². The van der Waals surface area contributed by atoms with E-state index in [4.69, 9.17) is 9.47 Å². The van der Waals surface area contributed by atoms with Crippen LogP contribution in [0.1, 0.15) is 31.2 Å². The van der Waals surface area contributed by atoms with E-state index in [-0.39, 0.29) is 24.6 Å². The molecule has 0 unspecified atom stereocenters. The summed E-state index contributed by atoms with van der Waals surface area (Å²) in [6.45, 7) is 5.73. The van der Waals surface area contributed by atoms with Crippen LogP contribution in [0.3, 0.4) is 0 Å². The third kappa shape index (κ3) is 4.07. The summed E-state index contributed by atoms with van der Waals surface area (Å²) in [7, 11) is 0. The monoisotopic (exact) mass is 484 g/mol. The molecular formula is C23H28N6O4S. The van der Waals surface area contributed by atoms with Gasteiger partial charge < -0.3 is 19.3 Å². The average Bonchev–Trinajstić information content (AvgIpc) is 3.65. The molecule has 180 valence electrons. The van der Waals surface area contributed by atoms with Gasteiger partial charge in [0, 0.05) is 52.2 Å². The first-order valence-corrected chi connectivity index (χ1v) is 12.8. The summed E-state index contributed by atoms with van der Waals surface area (Å²) in [6.07, 6.45) is 3.21. The number of hydrogen-bond acceptors (Lipinski definition) is 9. The maximum absolute atomic E-state index is 13.4. The number of benzene rings is 1. The molecule has 3 fully saturated rings. The highest BCUT2D eigenvalue weighted by atomic mass is 32.1. The zero-order valence-electron chi connectivity index (χ0n) is 19.0. The zero-order valence-corrected chi connectivity index (χ0v) is 19.8. The van der Waals surface area contributed by atoms with Crippen molar-refractivity contribution in [1.29, 1.82) is 0 Å². The molecule has 0 saturated carbocycles. The molecule has 10 nitrogen and oxygen atoms in total. The summed E-state index contributed by atoms with van der Waals surface area (Å²) >= 11 is 1.42. The molecule has 5 heterocycles. The first kappa shape index (κ1) is 21.6. The van der Waals surface area contributed by atoms with Crippen molar-refractivity contribution >= 4 is 33.4 Å². The Morgan fingerprint density at radius 3 is 2.65 bits per heavy atom. The number of carbonyl (C=O) groups is 2. The summed E-state index contributed by atoms with van der Waals surface area (Å²) in [6, 6.07) is 5.89. The number of ether oxygens (including phenoxy) is 2. The predicted molar refractivity (Wildman–Crippen MR) is 126 cm³/mol. The van der Waals surface area contributed by atoms with E-state index < -0.39 is 0 Å². The number of nitrogens with zero attached hydrogens (tertiary/aromatic N) is 6. The number of carbonyl (C=O) groups excluding carboxylic acids is 2.